The number of nitrogens with zero attached hydrogens (tertiary/aromatic N) is 1. The molecule has 1 aliphatic heterocycles. The van der Waals surface area contributed by atoms with E-state index in [4.69, 9.17) is 0 Å². The molecule has 0 atom stereocenters. The number of alkyl halides is 5. The van der Waals surface area contributed by atoms with E-state index < -0.39 is 36.1 Å². The zero-order valence-electron chi connectivity index (χ0n) is 12.7. The Bertz CT molecular complexity index is 522. The smallest absolute Gasteiger partial charge is 0.421 e. The number of nitrogens with one attached hydrogen (secondary N) is 1. The maximum Gasteiger partial charge on any atom is 0.421 e. The Hall–Kier alpha value is -1.97. The molecule has 5 nitrogen and oxygen atoms in total. The molecule has 0 unspecified atom stereocenters. The van der Waals surface area contributed by atoms with E-state index in [-0.39, 0.29) is 0 Å². The van der Waals surface area contributed by atoms with Gasteiger partial charge < -0.3 is 15.8 Å². The molecule has 1 saturated heterocycles. The summed E-state index contributed by atoms with van der Waals surface area (Å²) in [6.45, 7) is 0.891. The number of rotatable bonds is 4. The van der Waals surface area contributed by atoms with Gasteiger partial charge >= 0.3 is 12.1 Å². The summed E-state index contributed by atoms with van der Waals surface area (Å²) in [5.41, 5.74) is 3.03. The first kappa shape index (κ1) is 20.1. The summed E-state index contributed by atoms with van der Waals surface area (Å²) in [7, 11) is 0. The van der Waals surface area contributed by atoms with Crippen LogP contribution in [0.1, 0.15) is 24.8 Å². The fraction of sp³-hybridized carbons (Fsp3) is 0.571. The van der Waals surface area contributed by atoms with E-state index in [1.54, 1.807) is 0 Å². The van der Waals surface area contributed by atoms with E-state index in [1.807, 2.05) is 0 Å². The third-order valence-electron chi connectivity index (χ3n) is 3.03. The molecule has 1 aromatic heterocycles. The molecule has 0 aromatic carbocycles. The van der Waals surface area contributed by atoms with Crippen molar-refractivity contribution in [2.75, 3.05) is 19.7 Å². The molecule has 0 radical (unpaired) electrons. The number of carbonyl (C=O) groups is 1. The number of hydrogen-bond acceptors (Lipinski definition) is 4. The normalized spacial score (nSPS) is 15.2. The number of halogens is 5. The molecule has 136 valence electrons. The van der Waals surface area contributed by atoms with Crippen molar-refractivity contribution in [2.24, 2.45) is 5.73 Å². The second-order valence-corrected chi connectivity index (χ2v) is 5.02. The van der Waals surface area contributed by atoms with Crippen molar-refractivity contribution in [2.45, 2.75) is 31.4 Å². The molecule has 0 spiro atoms. The highest BCUT2D eigenvalue weighted by Gasteiger charge is 2.40. The van der Waals surface area contributed by atoms with Crippen molar-refractivity contribution in [3.05, 3.63) is 23.9 Å². The number of pyridine rings is 1. The van der Waals surface area contributed by atoms with Crippen LogP contribution in [0.4, 0.5) is 22.0 Å². The van der Waals surface area contributed by atoms with Crippen LogP contribution in [0.3, 0.4) is 0 Å². The van der Waals surface area contributed by atoms with Gasteiger partial charge in [0.25, 0.3) is 5.91 Å². The van der Waals surface area contributed by atoms with Crippen LogP contribution in [0.2, 0.25) is 0 Å². The lowest BCUT2D eigenvalue weighted by Crippen LogP contribution is -2.40. The highest BCUT2D eigenvalue weighted by molar-refractivity contribution is 5.81. The van der Waals surface area contributed by atoms with Gasteiger partial charge in [-0.3, -0.25) is 4.79 Å². The average molecular weight is 355 g/mol. The fourth-order valence-corrected chi connectivity index (χ4v) is 1.75. The molecule has 10 heteroatoms. The van der Waals surface area contributed by atoms with Crippen molar-refractivity contribution in [3.63, 3.8) is 0 Å². The fourth-order valence-electron chi connectivity index (χ4n) is 1.75. The van der Waals surface area contributed by atoms with Crippen LogP contribution in [-0.4, -0.2) is 36.5 Å². The van der Waals surface area contributed by atoms with E-state index in [1.165, 1.54) is 32.4 Å². The van der Waals surface area contributed by atoms with Crippen LogP contribution in [0.5, 0.6) is 5.88 Å². The third kappa shape index (κ3) is 6.65. The zero-order chi connectivity index (χ0) is 18.2. The molecule has 3 N–H and O–H groups in total. The van der Waals surface area contributed by atoms with Gasteiger partial charge in [0, 0.05) is 6.20 Å². The lowest BCUT2D eigenvalue weighted by Gasteiger charge is -2.15. The van der Waals surface area contributed by atoms with E-state index in [0.717, 1.165) is 12.3 Å². The Morgan fingerprint density at radius 2 is 1.83 bits per heavy atom. The average Bonchev–Trinajstić information content (AvgIpc) is 2.54. The molecule has 2 rings (SSSR count). The van der Waals surface area contributed by atoms with Gasteiger partial charge in [-0.05, 0) is 38.1 Å². The van der Waals surface area contributed by atoms with Crippen LogP contribution >= 0.6 is 0 Å². The Kier molecular flexibility index (Phi) is 7.33. The zero-order valence-corrected chi connectivity index (χ0v) is 12.7. The lowest BCUT2D eigenvalue weighted by atomic mass is 10.2. The van der Waals surface area contributed by atoms with Crippen molar-refractivity contribution in [3.8, 4) is 5.88 Å². The predicted octanol–water partition coefficient (Wildman–Crippen LogP) is 2.36. The van der Waals surface area contributed by atoms with Crippen molar-refractivity contribution in [1.29, 1.82) is 0 Å². The Morgan fingerprint density at radius 3 is 2.25 bits per heavy atom. The summed E-state index contributed by atoms with van der Waals surface area (Å²) >= 11 is 0. The van der Waals surface area contributed by atoms with E-state index in [2.05, 4.69) is 20.8 Å². The quantitative estimate of drug-likeness (QED) is 0.813. The van der Waals surface area contributed by atoms with Crippen molar-refractivity contribution >= 4 is 5.91 Å². The van der Waals surface area contributed by atoms with Crippen LogP contribution in [0.25, 0.3) is 0 Å². The molecule has 1 fully saturated rings. The number of nitrogens with two attached hydrogens (primary N) is 1. The first-order chi connectivity index (χ1) is 11.1. The minimum atomic E-state index is -4.80. The van der Waals surface area contributed by atoms with Gasteiger partial charge in [0.15, 0.2) is 6.61 Å². The maximum absolute atomic E-state index is 12.8. The highest BCUT2D eigenvalue weighted by atomic mass is 19.4. The summed E-state index contributed by atoms with van der Waals surface area (Å²) in [6.07, 6.45) is 0.353. The lowest BCUT2D eigenvalue weighted by molar-refractivity contribution is -0.148. The van der Waals surface area contributed by atoms with Crippen molar-refractivity contribution in [1.82, 2.24) is 10.3 Å². The second-order valence-electron chi connectivity index (χ2n) is 5.02. The van der Waals surface area contributed by atoms with Crippen LogP contribution in [0, 0.1) is 0 Å². The summed E-state index contributed by atoms with van der Waals surface area (Å²) in [6, 6.07) is 1.59. The Morgan fingerprint density at radius 1 is 1.21 bits per heavy atom. The Balaban J connectivity index is 0.000000400. The van der Waals surface area contributed by atoms with Crippen molar-refractivity contribution < 1.29 is 31.5 Å². The predicted molar refractivity (Wildman–Crippen MR) is 75.6 cm³/mol. The number of aromatic nitrogens is 1. The summed E-state index contributed by atoms with van der Waals surface area (Å²) < 4.78 is 67.0. The van der Waals surface area contributed by atoms with Gasteiger partial charge in [0.2, 0.25) is 5.88 Å². The van der Waals surface area contributed by atoms with Gasteiger partial charge in [-0.25, -0.2) is 4.98 Å². The number of hydrogen-bond donors (Lipinski definition) is 2. The van der Waals surface area contributed by atoms with Gasteiger partial charge in [0.05, 0.1) is 0 Å². The monoisotopic (exact) mass is 355 g/mol. The second kappa shape index (κ2) is 8.76. The molecule has 0 bridgehead atoms. The SMILES string of the molecule is C1CCNCC1.NC(=O)C(F)(F)COc1ncccc1C(F)(F)F. The largest absolute Gasteiger partial charge is 0.470 e. The molecule has 0 aliphatic carbocycles. The topological polar surface area (TPSA) is 77.2 Å². The van der Waals surface area contributed by atoms with Gasteiger partial charge in [0.1, 0.15) is 5.56 Å². The molecule has 24 heavy (non-hydrogen) atoms. The molecule has 1 amide bonds. The van der Waals surface area contributed by atoms with E-state index in [9.17, 15) is 26.7 Å². The van der Waals surface area contributed by atoms with Gasteiger partial charge in [-0.1, -0.05) is 6.42 Å². The molecule has 0 saturated carbocycles. The van der Waals surface area contributed by atoms with Crippen LogP contribution < -0.4 is 15.8 Å². The molecule has 1 aromatic rings. The van der Waals surface area contributed by atoms with E-state index >= 15 is 0 Å². The van der Waals surface area contributed by atoms with Crippen LogP contribution in [0.15, 0.2) is 18.3 Å². The minimum Gasteiger partial charge on any atom is -0.470 e. The van der Waals surface area contributed by atoms with Gasteiger partial charge in [-0.2, -0.15) is 22.0 Å². The maximum atomic E-state index is 12.8. The Labute approximate surface area is 135 Å². The summed E-state index contributed by atoms with van der Waals surface area (Å²) in [4.78, 5) is 13.5. The van der Waals surface area contributed by atoms with Gasteiger partial charge in [-0.15, -0.1) is 0 Å². The molecular formula is C14H18F5N3O2. The standard InChI is InChI=1S/C9H7F5N2O2.C5H11N/c10-8(11,7(15)17)4-18-6-5(9(12,13)14)2-1-3-16-6;1-2-4-6-5-3-1/h1-3H,4H2,(H2,15,17);6H,1-5H2. The molecule has 2 heterocycles. The minimum absolute atomic E-state index is 0.616. The number of carbonyl (C=O) groups excluding carboxylic acids is 1. The first-order valence-corrected chi connectivity index (χ1v) is 7.18. The molecule has 1 aliphatic rings. The first-order valence-electron chi connectivity index (χ1n) is 7.18. The number of piperidine rings is 1. The number of amides is 1. The van der Waals surface area contributed by atoms with Crippen LogP contribution in [-0.2, 0) is 11.0 Å². The summed E-state index contributed by atoms with van der Waals surface area (Å²) in [5.74, 6) is -7.10. The molecular weight excluding hydrogens is 337 g/mol. The third-order valence-corrected chi connectivity index (χ3v) is 3.03. The highest BCUT2D eigenvalue weighted by Crippen LogP contribution is 2.34. The number of ether oxygens (including phenoxy) is 1. The summed E-state index contributed by atoms with van der Waals surface area (Å²) in [5, 5.41) is 3.28. The number of primary amides is 1. The van der Waals surface area contributed by atoms with E-state index in [0.29, 0.717) is 6.07 Å².